The number of rotatable bonds is 35. The van der Waals surface area contributed by atoms with Gasteiger partial charge in [0.2, 0.25) is 0 Å². The highest BCUT2D eigenvalue weighted by molar-refractivity contribution is 8.89. The molecule has 0 fully saturated rings. The zero-order valence-corrected chi connectivity index (χ0v) is 35.5. The minimum atomic E-state index is 0.443. The highest BCUT2D eigenvalue weighted by Crippen LogP contribution is 2.27. The summed E-state index contributed by atoms with van der Waals surface area (Å²) in [6.07, 6.45) is 45.1. The summed E-state index contributed by atoms with van der Waals surface area (Å²) < 4.78 is 1.86. The van der Waals surface area contributed by atoms with Crippen LogP contribution in [0.1, 0.15) is 233 Å². The molecule has 0 aliphatic heterocycles. The molecule has 0 aromatic heterocycles. The van der Waals surface area contributed by atoms with Crippen molar-refractivity contribution in [2.24, 2.45) is 0 Å². The van der Waals surface area contributed by atoms with E-state index in [9.17, 15) is 0 Å². The van der Waals surface area contributed by atoms with Gasteiger partial charge in [0.25, 0.3) is 0 Å². The molecule has 0 aliphatic rings. The number of nitrogens with zero attached hydrogens (tertiary/aromatic N) is 1. The highest BCUT2D eigenvalue weighted by Gasteiger charge is 2.15. The Kier molecular flexibility index (Phi) is 39.7. The molecule has 0 rings (SSSR count). The average molecular weight is 731 g/mol. The van der Waals surface area contributed by atoms with Gasteiger partial charge in [0.05, 0.1) is 0 Å². The van der Waals surface area contributed by atoms with Crippen molar-refractivity contribution in [1.82, 2.24) is 10.2 Å². The lowest BCUT2D eigenvalue weighted by molar-refractivity contribution is 0.349. The molecule has 280 valence electrons. The lowest BCUT2D eigenvalue weighted by Gasteiger charge is -2.28. The molecule has 47 heavy (non-hydrogen) atoms. The average Bonchev–Trinajstić information content (AvgIpc) is 3.06. The highest BCUT2D eigenvalue weighted by atomic mass is 33.1. The van der Waals surface area contributed by atoms with Crippen LogP contribution in [0.2, 0.25) is 0 Å². The zero-order chi connectivity index (χ0) is 34.5. The maximum atomic E-state index is 5.82. The fraction of sp³-hybridized carbons (Fsp3) is 0.951. The molecule has 0 unspecified atom stereocenters. The van der Waals surface area contributed by atoms with Gasteiger partial charge in [0, 0.05) is 19.1 Å². The molecule has 1 N–H and O–H groups in total. The van der Waals surface area contributed by atoms with Crippen LogP contribution in [0.4, 0.5) is 0 Å². The van der Waals surface area contributed by atoms with Crippen molar-refractivity contribution >= 4 is 54.7 Å². The van der Waals surface area contributed by atoms with Crippen LogP contribution in [-0.2, 0) is 0 Å². The third-order valence-corrected chi connectivity index (χ3v) is 13.1. The number of nitrogens with one attached hydrogen (secondary N) is 1. The van der Waals surface area contributed by atoms with Crippen molar-refractivity contribution in [3.05, 3.63) is 0 Å². The normalized spacial score (nSPS) is 11.4. The topological polar surface area (TPSA) is 15.3 Å². The van der Waals surface area contributed by atoms with Crippen molar-refractivity contribution < 1.29 is 0 Å². The Hall–Kier alpha value is 0.480. The lowest BCUT2D eigenvalue weighted by atomic mass is 10.0. The molecule has 0 aromatic rings. The first kappa shape index (κ1) is 47.5. The quantitative estimate of drug-likeness (QED) is 0.0394. The number of unbranched alkanes of at least 4 members (excludes halogenated alkanes) is 30. The van der Waals surface area contributed by atoms with E-state index >= 15 is 0 Å². The second-order valence-electron chi connectivity index (χ2n) is 14.5. The van der Waals surface area contributed by atoms with E-state index in [4.69, 9.17) is 24.4 Å². The first-order valence-corrected chi connectivity index (χ1v) is 23.9. The van der Waals surface area contributed by atoms with Gasteiger partial charge in [0.15, 0.2) is 0 Å². The number of hydrogen-bond acceptors (Lipinski definition) is 4. The van der Waals surface area contributed by atoms with Gasteiger partial charge in [-0.25, -0.2) is 0 Å². The van der Waals surface area contributed by atoms with Crippen LogP contribution in [0, 0.1) is 0 Å². The molecule has 0 spiro atoms. The Morgan fingerprint density at radius 3 is 1.06 bits per heavy atom. The molecule has 0 atom stereocenters. The van der Waals surface area contributed by atoms with Crippen LogP contribution in [0.5, 0.6) is 0 Å². The predicted molar refractivity (Wildman–Crippen MR) is 229 cm³/mol. The summed E-state index contributed by atoms with van der Waals surface area (Å²) in [5.41, 5.74) is 0. The minimum Gasteiger partial charge on any atom is -0.370 e. The summed E-state index contributed by atoms with van der Waals surface area (Å²) in [5.74, 6) is 0. The first-order chi connectivity index (χ1) is 23.0. The molecule has 0 aromatic carbocycles. The van der Waals surface area contributed by atoms with Crippen molar-refractivity contribution in [1.29, 1.82) is 0 Å². The van der Waals surface area contributed by atoms with E-state index in [2.05, 4.69) is 37.9 Å². The van der Waals surface area contributed by atoms with Crippen molar-refractivity contribution in [3.8, 4) is 0 Å². The van der Waals surface area contributed by atoms with E-state index in [-0.39, 0.29) is 0 Å². The molecule has 0 radical (unpaired) electrons. The summed E-state index contributed by atoms with van der Waals surface area (Å²) >= 11 is 11.4. The predicted octanol–water partition coefficient (Wildman–Crippen LogP) is 15.8. The SMILES string of the molecule is CCCCCCCCCCCCCCCCCCNC(=S)SSC(=S)N(CCCCCCCCCCCCCCCCCC)C(C)C. The van der Waals surface area contributed by atoms with E-state index in [0.29, 0.717) is 6.04 Å². The molecular formula is C41H82N2S4. The van der Waals surface area contributed by atoms with E-state index in [1.807, 2.05) is 0 Å². The Bertz CT molecular complexity index is 657. The molecule has 0 aliphatic carbocycles. The van der Waals surface area contributed by atoms with Gasteiger partial charge in [-0.1, -0.05) is 231 Å². The summed E-state index contributed by atoms with van der Waals surface area (Å²) in [6.45, 7) is 11.2. The molecule has 0 saturated heterocycles. The fourth-order valence-electron chi connectivity index (χ4n) is 6.40. The summed E-state index contributed by atoms with van der Waals surface area (Å²) in [4.78, 5) is 2.40. The van der Waals surface area contributed by atoms with Crippen LogP contribution in [0.15, 0.2) is 0 Å². The standard InChI is InChI=1S/C41H82N2S4/c1-5-7-9-11-13-15-17-19-21-23-25-27-29-31-33-35-37-42-40(44)46-47-41(45)43(39(3)4)38-36-34-32-30-28-26-24-22-20-18-16-14-12-10-8-6-2/h39H,5-38H2,1-4H3,(H,42,44). The Balaban J connectivity index is 3.59. The van der Waals surface area contributed by atoms with Crippen molar-refractivity contribution in [3.63, 3.8) is 0 Å². The van der Waals surface area contributed by atoms with Crippen LogP contribution in [0.25, 0.3) is 0 Å². The van der Waals surface area contributed by atoms with E-state index < -0.39 is 0 Å². The van der Waals surface area contributed by atoms with Crippen LogP contribution in [0.3, 0.4) is 0 Å². The van der Waals surface area contributed by atoms with Crippen LogP contribution >= 0.6 is 46.0 Å². The largest absolute Gasteiger partial charge is 0.370 e. The molecular weight excluding hydrogens is 649 g/mol. The van der Waals surface area contributed by atoms with Gasteiger partial charge >= 0.3 is 0 Å². The van der Waals surface area contributed by atoms with E-state index in [1.165, 1.54) is 205 Å². The third kappa shape index (κ3) is 36.1. The minimum absolute atomic E-state index is 0.443. The molecule has 0 bridgehead atoms. The van der Waals surface area contributed by atoms with Crippen LogP contribution < -0.4 is 5.32 Å². The molecule has 6 heteroatoms. The maximum Gasteiger partial charge on any atom is 0.147 e. The second-order valence-corrected chi connectivity index (χ2v) is 18.0. The molecule has 0 saturated carbocycles. The second kappa shape index (κ2) is 39.3. The van der Waals surface area contributed by atoms with Crippen molar-refractivity contribution in [2.75, 3.05) is 13.1 Å². The van der Waals surface area contributed by atoms with Gasteiger partial charge in [-0.15, -0.1) is 0 Å². The summed E-state index contributed by atoms with van der Waals surface area (Å²) in [7, 11) is 3.31. The Morgan fingerprint density at radius 1 is 0.447 bits per heavy atom. The zero-order valence-electron chi connectivity index (χ0n) is 32.2. The molecule has 0 heterocycles. The molecule has 0 amide bonds. The van der Waals surface area contributed by atoms with Gasteiger partial charge in [0.1, 0.15) is 8.64 Å². The first-order valence-electron chi connectivity index (χ1n) is 21.0. The monoisotopic (exact) mass is 731 g/mol. The van der Waals surface area contributed by atoms with E-state index in [1.54, 1.807) is 21.6 Å². The van der Waals surface area contributed by atoms with Crippen LogP contribution in [-0.4, -0.2) is 32.7 Å². The lowest BCUT2D eigenvalue weighted by Crippen LogP contribution is -2.34. The Labute approximate surface area is 315 Å². The van der Waals surface area contributed by atoms with Crippen molar-refractivity contribution in [2.45, 2.75) is 239 Å². The van der Waals surface area contributed by atoms with Gasteiger partial charge in [-0.05, 0) is 48.3 Å². The van der Waals surface area contributed by atoms with Gasteiger partial charge in [-0.2, -0.15) is 0 Å². The van der Waals surface area contributed by atoms with Gasteiger partial charge in [-0.3, -0.25) is 0 Å². The number of thiocarbonyl (C=S) groups is 2. The number of hydrogen-bond donors (Lipinski definition) is 1. The smallest absolute Gasteiger partial charge is 0.147 e. The fourth-order valence-corrected chi connectivity index (χ4v) is 9.03. The summed E-state index contributed by atoms with van der Waals surface area (Å²) in [5, 5.41) is 3.45. The summed E-state index contributed by atoms with van der Waals surface area (Å²) in [6, 6.07) is 0.443. The van der Waals surface area contributed by atoms with E-state index in [0.717, 1.165) is 21.7 Å². The Morgan fingerprint density at radius 2 is 0.745 bits per heavy atom. The molecule has 2 nitrogen and oxygen atoms in total. The van der Waals surface area contributed by atoms with Gasteiger partial charge < -0.3 is 10.2 Å². The third-order valence-electron chi connectivity index (χ3n) is 9.60. The maximum absolute atomic E-state index is 5.82.